The summed E-state index contributed by atoms with van der Waals surface area (Å²) < 4.78 is 0. The maximum atomic E-state index is 12.2. The SMILES string of the molecule is Cc1ccccc1C(=O)Nc1ccc(O)c(C)c1C. The second-order valence-electron chi connectivity index (χ2n) is 4.65. The van der Waals surface area contributed by atoms with E-state index in [9.17, 15) is 9.90 Å². The number of amides is 1. The highest BCUT2D eigenvalue weighted by atomic mass is 16.3. The molecular weight excluding hydrogens is 238 g/mol. The van der Waals surface area contributed by atoms with Crippen molar-refractivity contribution in [3.05, 3.63) is 58.7 Å². The molecule has 2 aromatic rings. The van der Waals surface area contributed by atoms with Crippen LogP contribution in [0.2, 0.25) is 0 Å². The van der Waals surface area contributed by atoms with Crippen LogP contribution in [0.4, 0.5) is 5.69 Å². The zero-order valence-electron chi connectivity index (χ0n) is 11.3. The van der Waals surface area contributed by atoms with Gasteiger partial charge < -0.3 is 10.4 Å². The van der Waals surface area contributed by atoms with Crippen molar-refractivity contribution in [2.75, 3.05) is 5.32 Å². The highest BCUT2D eigenvalue weighted by Crippen LogP contribution is 2.26. The van der Waals surface area contributed by atoms with Gasteiger partial charge in [-0.3, -0.25) is 4.79 Å². The molecule has 0 spiro atoms. The average Bonchev–Trinajstić information content (AvgIpc) is 2.40. The minimum Gasteiger partial charge on any atom is -0.508 e. The predicted molar refractivity (Wildman–Crippen MR) is 76.7 cm³/mol. The summed E-state index contributed by atoms with van der Waals surface area (Å²) in [7, 11) is 0. The number of carbonyl (C=O) groups is 1. The Hall–Kier alpha value is -2.29. The molecule has 98 valence electrons. The first-order valence-electron chi connectivity index (χ1n) is 6.17. The van der Waals surface area contributed by atoms with Gasteiger partial charge in [-0.05, 0) is 55.7 Å². The van der Waals surface area contributed by atoms with Crippen LogP contribution in [0.1, 0.15) is 27.0 Å². The zero-order valence-corrected chi connectivity index (χ0v) is 11.3. The van der Waals surface area contributed by atoms with E-state index in [1.807, 2.05) is 39.0 Å². The Balaban J connectivity index is 2.30. The van der Waals surface area contributed by atoms with E-state index in [-0.39, 0.29) is 11.7 Å². The van der Waals surface area contributed by atoms with Gasteiger partial charge in [-0.25, -0.2) is 0 Å². The highest BCUT2D eigenvalue weighted by molar-refractivity contribution is 6.05. The lowest BCUT2D eigenvalue weighted by Gasteiger charge is -2.12. The van der Waals surface area contributed by atoms with Crippen molar-refractivity contribution < 1.29 is 9.90 Å². The summed E-state index contributed by atoms with van der Waals surface area (Å²) in [4.78, 5) is 12.2. The number of hydrogen-bond donors (Lipinski definition) is 2. The molecular formula is C16H17NO2. The van der Waals surface area contributed by atoms with Gasteiger partial charge in [-0.2, -0.15) is 0 Å². The fourth-order valence-electron chi connectivity index (χ4n) is 1.96. The molecule has 2 aromatic carbocycles. The lowest BCUT2D eigenvalue weighted by atomic mass is 10.1. The fourth-order valence-corrected chi connectivity index (χ4v) is 1.96. The van der Waals surface area contributed by atoms with Gasteiger partial charge in [0.2, 0.25) is 0 Å². The number of aromatic hydroxyl groups is 1. The van der Waals surface area contributed by atoms with E-state index in [2.05, 4.69) is 5.32 Å². The van der Waals surface area contributed by atoms with Crippen molar-refractivity contribution in [3.8, 4) is 5.75 Å². The van der Waals surface area contributed by atoms with Crippen LogP contribution in [0.5, 0.6) is 5.75 Å². The molecule has 0 aliphatic carbocycles. The molecule has 0 atom stereocenters. The van der Waals surface area contributed by atoms with Crippen molar-refractivity contribution in [2.24, 2.45) is 0 Å². The normalized spacial score (nSPS) is 10.3. The maximum Gasteiger partial charge on any atom is 0.255 e. The van der Waals surface area contributed by atoms with Crippen LogP contribution in [0.15, 0.2) is 36.4 Å². The van der Waals surface area contributed by atoms with E-state index in [4.69, 9.17) is 0 Å². The molecule has 0 aliphatic rings. The molecule has 0 bridgehead atoms. The summed E-state index contributed by atoms with van der Waals surface area (Å²) in [6.45, 7) is 5.61. The number of aryl methyl sites for hydroxylation is 1. The lowest BCUT2D eigenvalue weighted by Crippen LogP contribution is -2.14. The highest BCUT2D eigenvalue weighted by Gasteiger charge is 2.11. The Morgan fingerprint density at radius 2 is 1.68 bits per heavy atom. The first-order valence-corrected chi connectivity index (χ1v) is 6.17. The summed E-state index contributed by atoms with van der Waals surface area (Å²) in [6, 6.07) is 10.8. The third-order valence-corrected chi connectivity index (χ3v) is 3.40. The van der Waals surface area contributed by atoms with Crippen LogP contribution in [0.25, 0.3) is 0 Å². The predicted octanol–water partition coefficient (Wildman–Crippen LogP) is 3.57. The van der Waals surface area contributed by atoms with E-state index < -0.39 is 0 Å². The summed E-state index contributed by atoms with van der Waals surface area (Å²) in [5.74, 6) is 0.109. The van der Waals surface area contributed by atoms with E-state index in [1.54, 1.807) is 18.2 Å². The first kappa shape index (κ1) is 13.1. The number of phenolic OH excluding ortho intramolecular Hbond substituents is 1. The molecule has 0 saturated heterocycles. The van der Waals surface area contributed by atoms with Gasteiger partial charge in [0.25, 0.3) is 5.91 Å². The quantitative estimate of drug-likeness (QED) is 0.806. The molecule has 1 amide bonds. The van der Waals surface area contributed by atoms with E-state index >= 15 is 0 Å². The largest absolute Gasteiger partial charge is 0.508 e. The minimum atomic E-state index is -0.133. The van der Waals surface area contributed by atoms with Crippen LogP contribution in [0, 0.1) is 20.8 Å². The number of anilines is 1. The van der Waals surface area contributed by atoms with Crippen molar-refractivity contribution in [1.82, 2.24) is 0 Å². The maximum absolute atomic E-state index is 12.2. The van der Waals surface area contributed by atoms with Crippen molar-refractivity contribution in [3.63, 3.8) is 0 Å². The van der Waals surface area contributed by atoms with Crippen molar-refractivity contribution in [2.45, 2.75) is 20.8 Å². The Morgan fingerprint density at radius 3 is 2.37 bits per heavy atom. The van der Waals surface area contributed by atoms with Gasteiger partial charge in [-0.15, -0.1) is 0 Å². The number of nitrogens with one attached hydrogen (secondary N) is 1. The number of benzene rings is 2. The molecule has 0 fully saturated rings. The van der Waals surface area contributed by atoms with E-state index in [0.717, 1.165) is 22.4 Å². The molecule has 3 nitrogen and oxygen atoms in total. The van der Waals surface area contributed by atoms with Crippen molar-refractivity contribution >= 4 is 11.6 Å². The lowest BCUT2D eigenvalue weighted by molar-refractivity contribution is 0.102. The molecule has 0 heterocycles. The van der Waals surface area contributed by atoms with Gasteiger partial charge in [-0.1, -0.05) is 18.2 Å². The topological polar surface area (TPSA) is 49.3 Å². The van der Waals surface area contributed by atoms with E-state index in [1.165, 1.54) is 0 Å². The summed E-state index contributed by atoms with van der Waals surface area (Å²) in [6.07, 6.45) is 0. The second-order valence-corrected chi connectivity index (χ2v) is 4.65. The molecule has 3 heteroatoms. The molecule has 0 radical (unpaired) electrons. The van der Waals surface area contributed by atoms with Crippen LogP contribution >= 0.6 is 0 Å². The van der Waals surface area contributed by atoms with Crippen LogP contribution in [-0.4, -0.2) is 11.0 Å². The number of phenols is 1. The van der Waals surface area contributed by atoms with Gasteiger partial charge >= 0.3 is 0 Å². The monoisotopic (exact) mass is 255 g/mol. The first-order chi connectivity index (χ1) is 9.00. The molecule has 0 aromatic heterocycles. The molecule has 19 heavy (non-hydrogen) atoms. The molecule has 2 N–H and O–H groups in total. The number of hydrogen-bond acceptors (Lipinski definition) is 2. The minimum absolute atomic E-state index is 0.133. The smallest absolute Gasteiger partial charge is 0.255 e. The summed E-state index contributed by atoms with van der Waals surface area (Å²) in [5.41, 5.74) is 3.98. The van der Waals surface area contributed by atoms with Gasteiger partial charge in [0, 0.05) is 11.3 Å². The Morgan fingerprint density at radius 1 is 1.00 bits per heavy atom. The molecule has 0 saturated carbocycles. The molecule has 0 aliphatic heterocycles. The molecule has 0 unspecified atom stereocenters. The Labute approximate surface area is 112 Å². The van der Waals surface area contributed by atoms with Crippen LogP contribution in [-0.2, 0) is 0 Å². The Bertz CT molecular complexity index is 633. The van der Waals surface area contributed by atoms with E-state index in [0.29, 0.717) is 5.56 Å². The number of rotatable bonds is 2. The standard InChI is InChI=1S/C16H17NO2/c1-10-6-4-5-7-13(10)16(19)17-14-8-9-15(18)12(3)11(14)2/h4-9,18H,1-3H3,(H,17,19). The van der Waals surface area contributed by atoms with Gasteiger partial charge in [0.05, 0.1) is 0 Å². The van der Waals surface area contributed by atoms with Crippen molar-refractivity contribution in [1.29, 1.82) is 0 Å². The summed E-state index contributed by atoms with van der Waals surface area (Å²) >= 11 is 0. The third kappa shape index (κ3) is 2.60. The van der Waals surface area contributed by atoms with Crippen LogP contribution in [0.3, 0.4) is 0 Å². The third-order valence-electron chi connectivity index (χ3n) is 3.40. The molecule has 2 rings (SSSR count). The summed E-state index contributed by atoms with van der Waals surface area (Å²) in [5, 5.41) is 12.5. The van der Waals surface area contributed by atoms with Crippen LogP contribution < -0.4 is 5.32 Å². The van der Waals surface area contributed by atoms with Gasteiger partial charge in [0.15, 0.2) is 0 Å². The average molecular weight is 255 g/mol. The Kier molecular flexibility index (Phi) is 3.56. The van der Waals surface area contributed by atoms with Gasteiger partial charge in [0.1, 0.15) is 5.75 Å². The number of carbonyl (C=O) groups excluding carboxylic acids is 1. The second kappa shape index (κ2) is 5.14. The zero-order chi connectivity index (χ0) is 14.0. The fraction of sp³-hybridized carbons (Fsp3) is 0.188.